The van der Waals surface area contributed by atoms with Gasteiger partial charge in [0.1, 0.15) is 18.2 Å². The quantitative estimate of drug-likeness (QED) is 0.121. The largest absolute Gasteiger partial charge is 0.481 e. The number of carboxylic acids is 1. The Morgan fingerprint density at radius 3 is 2.31 bits per heavy atom. The van der Waals surface area contributed by atoms with Crippen molar-refractivity contribution in [2.45, 2.75) is 83.8 Å². The van der Waals surface area contributed by atoms with E-state index >= 15 is 0 Å². The molecule has 0 fully saturated rings. The highest BCUT2D eigenvalue weighted by atomic mass is 28.3. The number of carboxylic acid groups (broad SMARTS) is 1. The van der Waals surface area contributed by atoms with Crippen LogP contribution in [0.15, 0.2) is 24.4 Å². The normalized spacial score (nSPS) is 12.7. The molecular formula is C31H47F3N6O8Si. The number of rotatable bonds is 16. The van der Waals surface area contributed by atoms with Gasteiger partial charge in [-0.1, -0.05) is 19.6 Å². The van der Waals surface area contributed by atoms with Crippen LogP contribution in [0.1, 0.15) is 45.5 Å². The zero-order valence-electron chi connectivity index (χ0n) is 29.1. The van der Waals surface area contributed by atoms with E-state index < -0.39 is 50.0 Å². The maximum absolute atomic E-state index is 13.3. The number of imidazole rings is 1. The Kier molecular flexibility index (Phi) is 14.6. The van der Waals surface area contributed by atoms with Crippen molar-refractivity contribution in [3.05, 3.63) is 30.2 Å². The summed E-state index contributed by atoms with van der Waals surface area (Å²) in [5.74, 6) is -2.94. The first kappa shape index (κ1) is 41.0. The molecule has 1 aromatic heterocycles. The van der Waals surface area contributed by atoms with E-state index in [2.05, 4.69) is 35.0 Å². The second-order valence-corrected chi connectivity index (χ2v) is 19.2. The minimum Gasteiger partial charge on any atom is -0.481 e. The molecule has 1 heterocycles. The molecule has 1 aromatic carbocycles. The molecule has 1 unspecified atom stereocenters. The summed E-state index contributed by atoms with van der Waals surface area (Å²) in [6, 6.07) is 3.92. The van der Waals surface area contributed by atoms with Crippen LogP contribution in [0.3, 0.4) is 0 Å². The highest BCUT2D eigenvalue weighted by Crippen LogP contribution is 2.33. The maximum atomic E-state index is 13.3. The number of amides is 3. The molecule has 18 heteroatoms. The number of alkyl carbamates (subject to hydrolysis) is 1. The molecule has 0 aliphatic heterocycles. The van der Waals surface area contributed by atoms with Crippen molar-refractivity contribution in [1.82, 2.24) is 19.8 Å². The number of alkyl halides is 3. The van der Waals surface area contributed by atoms with Gasteiger partial charge in [-0.25, -0.2) is 14.6 Å². The molecular weight excluding hydrogens is 669 g/mol. The van der Waals surface area contributed by atoms with Gasteiger partial charge in [0.05, 0.1) is 31.0 Å². The van der Waals surface area contributed by atoms with Crippen LogP contribution in [0.5, 0.6) is 0 Å². The van der Waals surface area contributed by atoms with Crippen LogP contribution in [0.25, 0.3) is 11.3 Å². The maximum Gasteiger partial charge on any atom is 0.471 e. The summed E-state index contributed by atoms with van der Waals surface area (Å²) in [5, 5.41) is 16.1. The Bertz CT molecular complexity index is 1460. The van der Waals surface area contributed by atoms with Crippen LogP contribution < -0.4 is 16.0 Å². The van der Waals surface area contributed by atoms with Crippen LogP contribution in [-0.4, -0.2) is 97.3 Å². The lowest BCUT2D eigenvalue weighted by Crippen LogP contribution is -2.37. The van der Waals surface area contributed by atoms with Crippen LogP contribution in [-0.2, 0) is 30.5 Å². The van der Waals surface area contributed by atoms with E-state index in [9.17, 15) is 32.3 Å². The lowest BCUT2D eigenvalue weighted by atomic mass is 10.1. The molecule has 0 saturated heterocycles. The number of benzene rings is 1. The molecule has 274 valence electrons. The summed E-state index contributed by atoms with van der Waals surface area (Å²) in [4.78, 5) is 54.4. The number of carbonyl (C=O) groups excluding carboxylic acids is 3. The van der Waals surface area contributed by atoms with Crippen LogP contribution in [0.4, 0.5) is 34.1 Å². The number of anilines is 2. The molecule has 2 rings (SSSR count). The Hall–Kier alpha value is -4.16. The number of hydrogen-bond acceptors (Lipinski definition) is 9. The van der Waals surface area contributed by atoms with Gasteiger partial charge in [0, 0.05) is 45.2 Å². The van der Waals surface area contributed by atoms with Crippen molar-refractivity contribution in [1.29, 1.82) is 0 Å². The first-order valence-electron chi connectivity index (χ1n) is 15.5. The van der Waals surface area contributed by atoms with Gasteiger partial charge in [-0.15, -0.1) is 0 Å². The van der Waals surface area contributed by atoms with E-state index in [4.69, 9.17) is 19.6 Å². The highest BCUT2D eigenvalue weighted by molar-refractivity contribution is 6.76. The first-order valence-corrected chi connectivity index (χ1v) is 19.2. The third-order valence-corrected chi connectivity index (χ3v) is 8.48. The van der Waals surface area contributed by atoms with Crippen LogP contribution in [0, 0.1) is 0 Å². The highest BCUT2D eigenvalue weighted by Gasteiger charge is 2.39. The van der Waals surface area contributed by atoms with Gasteiger partial charge in [-0.05, 0) is 58.5 Å². The zero-order chi connectivity index (χ0) is 37.2. The standard InChI is InChI=1S/C31H47F3N6O8Si/c1-30(2,3)48-29(45)38-22(11-13-39(4)14-12-25(41)42)26-36-24(18-40(26)19-47-15-16-49(6,7)8)21-10-9-20(35-28(44)46-5)17-23(21)37-27(43)31(32,33)34/h9-10,17-18,22H,11-16,19H2,1-8H3,(H,35,44)(H,37,43)(H,38,45)(H,41,42). The van der Waals surface area contributed by atoms with Gasteiger partial charge >= 0.3 is 30.2 Å². The van der Waals surface area contributed by atoms with Crippen molar-refractivity contribution in [2.75, 3.05) is 44.5 Å². The number of nitrogens with zero attached hydrogens (tertiary/aromatic N) is 3. The number of nitrogens with one attached hydrogen (secondary N) is 3. The van der Waals surface area contributed by atoms with Crippen molar-refractivity contribution in [2.24, 2.45) is 0 Å². The Morgan fingerprint density at radius 2 is 1.73 bits per heavy atom. The average Bonchev–Trinajstić information content (AvgIpc) is 3.38. The van der Waals surface area contributed by atoms with Gasteiger partial charge in [0.2, 0.25) is 0 Å². The first-order chi connectivity index (χ1) is 22.6. The van der Waals surface area contributed by atoms with E-state index in [-0.39, 0.29) is 54.6 Å². The van der Waals surface area contributed by atoms with Gasteiger partial charge in [0.15, 0.2) is 0 Å². The van der Waals surface area contributed by atoms with Gasteiger partial charge in [-0.3, -0.25) is 14.9 Å². The summed E-state index contributed by atoms with van der Waals surface area (Å²) in [5.41, 5.74) is -0.904. The monoisotopic (exact) mass is 716 g/mol. The molecule has 49 heavy (non-hydrogen) atoms. The Labute approximate surface area is 284 Å². The number of halogens is 3. The van der Waals surface area contributed by atoms with Crippen LogP contribution in [0.2, 0.25) is 25.7 Å². The molecule has 2 aromatic rings. The van der Waals surface area contributed by atoms with Crippen molar-refractivity contribution >= 4 is 43.5 Å². The summed E-state index contributed by atoms with van der Waals surface area (Å²) in [7, 11) is 1.37. The number of carbonyl (C=O) groups is 4. The Morgan fingerprint density at radius 1 is 1.06 bits per heavy atom. The Balaban J connectivity index is 2.66. The van der Waals surface area contributed by atoms with Gasteiger partial charge < -0.3 is 39.4 Å². The molecule has 0 saturated carbocycles. The predicted octanol–water partition coefficient (Wildman–Crippen LogP) is 5.90. The predicted molar refractivity (Wildman–Crippen MR) is 179 cm³/mol. The summed E-state index contributed by atoms with van der Waals surface area (Å²) >= 11 is 0. The smallest absolute Gasteiger partial charge is 0.471 e. The molecule has 0 aliphatic carbocycles. The minimum absolute atomic E-state index is 0.0274. The van der Waals surface area contributed by atoms with Gasteiger partial charge in [-0.2, -0.15) is 13.2 Å². The number of aromatic nitrogens is 2. The van der Waals surface area contributed by atoms with Crippen LogP contribution >= 0.6 is 0 Å². The average molecular weight is 717 g/mol. The number of methoxy groups -OCH3 is 1. The molecule has 14 nitrogen and oxygen atoms in total. The summed E-state index contributed by atoms with van der Waals surface area (Å²) < 4.78 is 57.6. The van der Waals surface area contributed by atoms with Crippen molar-refractivity contribution in [3.63, 3.8) is 0 Å². The SMILES string of the molecule is COC(=O)Nc1ccc(-c2cn(COCC[Si](C)(C)C)c(C(CCN(C)CCC(=O)O)NC(=O)OC(C)(C)C)n2)c(NC(=O)C(F)(F)F)c1. The molecule has 0 spiro atoms. The fourth-order valence-electron chi connectivity index (χ4n) is 4.26. The fourth-order valence-corrected chi connectivity index (χ4v) is 5.01. The van der Waals surface area contributed by atoms with E-state index in [0.717, 1.165) is 19.2 Å². The third kappa shape index (κ3) is 14.9. The molecule has 0 radical (unpaired) electrons. The minimum atomic E-state index is -5.22. The van der Waals surface area contributed by atoms with Crippen molar-refractivity contribution < 1.29 is 51.7 Å². The number of aliphatic carboxylic acids is 1. The molecule has 4 N–H and O–H groups in total. The van der Waals surface area contributed by atoms with E-state index in [1.165, 1.54) is 18.3 Å². The van der Waals surface area contributed by atoms with Gasteiger partial charge in [0.25, 0.3) is 0 Å². The molecule has 1 atom stereocenters. The fraction of sp³-hybridized carbons (Fsp3) is 0.581. The lowest BCUT2D eigenvalue weighted by molar-refractivity contribution is -0.167. The van der Waals surface area contributed by atoms with Crippen molar-refractivity contribution in [3.8, 4) is 11.3 Å². The van der Waals surface area contributed by atoms with E-state index in [1.54, 1.807) is 37.3 Å². The molecule has 0 bridgehead atoms. The summed E-state index contributed by atoms with van der Waals surface area (Å²) in [6.07, 6.45) is -5.19. The number of hydrogen-bond donors (Lipinski definition) is 4. The second kappa shape index (κ2) is 17.5. The molecule has 0 aliphatic rings. The zero-order valence-corrected chi connectivity index (χ0v) is 30.1. The topological polar surface area (TPSA) is 173 Å². The lowest BCUT2D eigenvalue weighted by Gasteiger charge is -2.25. The van der Waals surface area contributed by atoms with E-state index in [1.807, 2.05) is 5.32 Å². The number of ether oxygens (including phenoxy) is 3. The third-order valence-electron chi connectivity index (χ3n) is 6.78. The molecule has 3 amide bonds. The summed E-state index contributed by atoms with van der Waals surface area (Å²) in [6.45, 7) is 12.6. The second-order valence-electron chi connectivity index (χ2n) is 13.6. The van der Waals surface area contributed by atoms with E-state index in [0.29, 0.717) is 13.2 Å².